The lowest BCUT2D eigenvalue weighted by Crippen LogP contribution is -2.59. The Morgan fingerprint density at radius 3 is 2.72 bits per heavy atom. The van der Waals surface area contributed by atoms with Crippen LogP contribution < -0.4 is 0 Å². The van der Waals surface area contributed by atoms with Gasteiger partial charge >= 0.3 is 0 Å². The lowest BCUT2D eigenvalue weighted by Gasteiger charge is -2.55. The van der Waals surface area contributed by atoms with Crippen molar-refractivity contribution in [3.8, 4) is 0 Å². The molecule has 2 heterocycles. The van der Waals surface area contributed by atoms with E-state index in [-0.39, 0.29) is 17.9 Å². The summed E-state index contributed by atoms with van der Waals surface area (Å²) in [6.45, 7) is 0.767. The van der Waals surface area contributed by atoms with Crippen LogP contribution in [0.2, 0.25) is 0 Å². The van der Waals surface area contributed by atoms with Crippen LogP contribution >= 0.6 is 0 Å². The molecule has 2 saturated carbocycles. The Morgan fingerprint density at radius 1 is 1.07 bits per heavy atom. The van der Waals surface area contributed by atoms with Crippen molar-refractivity contribution >= 4 is 11.7 Å². The van der Waals surface area contributed by atoms with E-state index in [9.17, 15) is 9.59 Å². The van der Waals surface area contributed by atoms with Crippen LogP contribution in [0.25, 0.3) is 0 Å². The fourth-order valence-electron chi connectivity index (χ4n) is 6.32. The molecular formula is C25H28N2O2. The van der Waals surface area contributed by atoms with Crippen molar-refractivity contribution < 1.29 is 9.59 Å². The van der Waals surface area contributed by atoms with Gasteiger partial charge in [0.1, 0.15) is 5.78 Å². The molecule has 3 aliphatic rings. The normalized spacial score (nSPS) is 31.2. The molecule has 1 aromatic heterocycles. The summed E-state index contributed by atoms with van der Waals surface area (Å²) in [5.74, 6) is 1.98. The first-order chi connectivity index (χ1) is 14.2. The number of aromatic nitrogens is 1. The van der Waals surface area contributed by atoms with Crippen LogP contribution in [0.4, 0.5) is 0 Å². The predicted octanol–water partition coefficient (Wildman–Crippen LogP) is 4.16. The second-order valence-electron chi connectivity index (χ2n) is 9.00. The summed E-state index contributed by atoms with van der Waals surface area (Å²) in [6, 6.07) is 14.4. The monoisotopic (exact) mass is 388 g/mol. The van der Waals surface area contributed by atoms with Gasteiger partial charge in [0.2, 0.25) is 0 Å². The number of likely N-dealkylation sites (tertiary alicyclic amines) is 1. The summed E-state index contributed by atoms with van der Waals surface area (Å²) in [7, 11) is 0. The van der Waals surface area contributed by atoms with E-state index in [1.807, 2.05) is 18.2 Å². The molecule has 0 spiro atoms. The summed E-state index contributed by atoms with van der Waals surface area (Å²) in [6.07, 6.45) is 9.17. The van der Waals surface area contributed by atoms with Gasteiger partial charge in [-0.1, -0.05) is 36.8 Å². The van der Waals surface area contributed by atoms with E-state index in [2.05, 4.69) is 34.1 Å². The van der Waals surface area contributed by atoms with E-state index in [1.54, 1.807) is 12.4 Å². The zero-order valence-electron chi connectivity index (χ0n) is 16.7. The predicted molar refractivity (Wildman–Crippen MR) is 111 cm³/mol. The van der Waals surface area contributed by atoms with Gasteiger partial charge < -0.3 is 4.90 Å². The number of benzene rings is 1. The highest BCUT2D eigenvalue weighted by Gasteiger charge is 2.52. The fraction of sp³-hybridized carbons (Fsp3) is 0.480. The van der Waals surface area contributed by atoms with Crippen molar-refractivity contribution in [1.29, 1.82) is 0 Å². The highest BCUT2D eigenvalue weighted by atomic mass is 16.2. The zero-order chi connectivity index (χ0) is 19.8. The average Bonchev–Trinajstić information content (AvgIpc) is 2.77. The third kappa shape index (κ3) is 3.39. The molecular weight excluding hydrogens is 360 g/mol. The van der Waals surface area contributed by atoms with Crippen LogP contribution in [0.3, 0.4) is 0 Å². The Labute approximate surface area is 172 Å². The number of carbonyl (C=O) groups is 2. The van der Waals surface area contributed by atoms with Gasteiger partial charge in [0.05, 0.1) is 5.56 Å². The number of rotatable bonds is 3. The quantitative estimate of drug-likeness (QED) is 0.793. The minimum Gasteiger partial charge on any atom is -0.335 e. The minimum atomic E-state index is 0.106. The van der Waals surface area contributed by atoms with Gasteiger partial charge in [0, 0.05) is 37.3 Å². The Hall–Kier alpha value is -2.49. The van der Waals surface area contributed by atoms with Gasteiger partial charge in [-0.2, -0.15) is 0 Å². The van der Waals surface area contributed by atoms with Crippen molar-refractivity contribution in [1.82, 2.24) is 9.88 Å². The average molecular weight is 389 g/mol. The molecule has 5 atom stereocenters. The van der Waals surface area contributed by atoms with Gasteiger partial charge in [-0.15, -0.1) is 0 Å². The summed E-state index contributed by atoms with van der Waals surface area (Å²) in [5.41, 5.74) is 1.94. The lowest BCUT2D eigenvalue weighted by atomic mass is 9.55. The first-order valence-corrected chi connectivity index (χ1v) is 11.0. The molecule has 1 amide bonds. The third-order valence-corrected chi connectivity index (χ3v) is 7.52. The highest BCUT2D eigenvalue weighted by molar-refractivity contribution is 5.94. The lowest BCUT2D eigenvalue weighted by molar-refractivity contribution is -0.137. The minimum absolute atomic E-state index is 0.106. The van der Waals surface area contributed by atoms with Crippen LogP contribution in [0.15, 0.2) is 54.9 Å². The smallest absolute Gasteiger partial charge is 0.255 e. The number of carbonyl (C=O) groups excluding carboxylic acids is 2. The molecule has 0 radical (unpaired) electrons. The second kappa shape index (κ2) is 7.74. The van der Waals surface area contributed by atoms with Crippen molar-refractivity contribution in [2.24, 2.45) is 23.7 Å². The number of Topliss-reactive ketones (excluding diaryl/α,β-unsaturated/α-hetero) is 1. The largest absolute Gasteiger partial charge is 0.335 e. The number of hydrogen-bond donors (Lipinski definition) is 0. The van der Waals surface area contributed by atoms with E-state index in [0.29, 0.717) is 35.5 Å². The molecule has 29 heavy (non-hydrogen) atoms. The maximum atomic E-state index is 13.2. The van der Waals surface area contributed by atoms with Gasteiger partial charge in [-0.3, -0.25) is 14.6 Å². The Kier molecular flexibility index (Phi) is 4.94. The molecule has 4 nitrogen and oxygen atoms in total. The van der Waals surface area contributed by atoms with Gasteiger partial charge in [-0.05, 0) is 61.1 Å². The Bertz CT molecular complexity index is 872. The van der Waals surface area contributed by atoms with E-state index in [0.717, 1.165) is 38.6 Å². The van der Waals surface area contributed by atoms with Crippen molar-refractivity contribution in [3.05, 3.63) is 66.0 Å². The zero-order valence-corrected chi connectivity index (χ0v) is 16.7. The van der Waals surface area contributed by atoms with Gasteiger partial charge in [-0.25, -0.2) is 0 Å². The van der Waals surface area contributed by atoms with E-state index in [4.69, 9.17) is 0 Å². The SMILES string of the molecule is O=C1C[C@H]2CCN(C(=O)c3cccnc3)[C@H]3CCC[C@H]([C@H]23)[C@@H]1Cc1ccccc1. The van der Waals surface area contributed by atoms with Gasteiger partial charge in [0.25, 0.3) is 5.91 Å². The summed E-state index contributed by atoms with van der Waals surface area (Å²) >= 11 is 0. The molecule has 5 rings (SSSR count). The van der Waals surface area contributed by atoms with Crippen molar-refractivity contribution in [3.63, 3.8) is 0 Å². The first kappa shape index (κ1) is 18.5. The molecule has 3 fully saturated rings. The standard InChI is InChI=1S/C25H28N2O2/c28-23-15-18-11-13-27(25(29)19-8-5-12-26-16-19)22-10-4-9-20(24(18)22)21(23)14-17-6-2-1-3-7-17/h1-3,5-8,12,16,18,20-22,24H,4,9-11,13-15H2/t18-,20+,21+,22+,24+/m1/s1. The van der Waals surface area contributed by atoms with Crippen molar-refractivity contribution in [2.75, 3.05) is 6.54 Å². The van der Waals surface area contributed by atoms with Crippen LogP contribution in [0.1, 0.15) is 48.0 Å². The molecule has 150 valence electrons. The number of hydrogen-bond acceptors (Lipinski definition) is 3. The molecule has 2 aliphatic carbocycles. The van der Waals surface area contributed by atoms with E-state index in [1.165, 1.54) is 5.56 Å². The summed E-state index contributed by atoms with van der Waals surface area (Å²) < 4.78 is 0. The molecule has 0 unspecified atom stereocenters. The number of pyridine rings is 1. The third-order valence-electron chi connectivity index (χ3n) is 7.52. The molecule has 1 aromatic carbocycles. The molecule has 0 N–H and O–H groups in total. The number of piperidine rings is 1. The van der Waals surface area contributed by atoms with Crippen molar-refractivity contribution in [2.45, 2.75) is 44.6 Å². The van der Waals surface area contributed by atoms with Crippen LogP contribution in [0.5, 0.6) is 0 Å². The Balaban J connectivity index is 1.42. The summed E-state index contributed by atoms with van der Waals surface area (Å²) in [5, 5.41) is 0. The molecule has 0 bridgehead atoms. The topological polar surface area (TPSA) is 50.3 Å². The molecule has 1 saturated heterocycles. The van der Waals surface area contributed by atoms with Crippen LogP contribution in [-0.4, -0.2) is 34.2 Å². The highest BCUT2D eigenvalue weighted by Crippen LogP contribution is 2.51. The first-order valence-electron chi connectivity index (χ1n) is 11.0. The summed E-state index contributed by atoms with van der Waals surface area (Å²) in [4.78, 5) is 32.6. The molecule has 4 heteroatoms. The number of ketones is 1. The van der Waals surface area contributed by atoms with Gasteiger partial charge in [0.15, 0.2) is 0 Å². The Morgan fingerprint density at radius 2 is 1.93 bits per heavy atom. The number of nitrogens with zero attached hydrogens (tertiary/aromatic N) is 2. The van der Waals surface area contributed by atoms with Crippen LogP contribution in [0, 0.1) is 23.7 Å². The second-order valence-corrected chi connectivity index (χ2v) is 9.00. The van der Waals surface area contributed by atoms with E-state index < -0.39 is 0 Å². The van der Waals surface area contributed by atoms with Crippen LogP contribution in [-0.2, 0) is 11.2 Å². The molecule has 2 aromatic rings. The van der Waals surface area contributed by atoms with E-state index >= 15 is 0 Å². The maximum Gasteiger partial charge on any atom is 0.255 e. The number of amides is 1. The maximum absolute atomic E-state index is 13.2. The fourth-order valence-corrected chi connectivity index (χ4v) is 6.32. The molecule has 1 aliphatic heterocycles.